The summed E-state index contributed by atoms with van der Waals surface area (Å²) in [6.45, 7) is 9.40. The maximum absolute atomic E-state index is 12.9. The van der Waals surface area contributed by atoms with E-state index in [4.69, 9.17) is 14.2 Å². The predicted molar refractivity (Wildman–Crippen MR) is 99.2 cm³/mol. The second kappa shape index (κ2) is 7.86. The molecule has 1 amide bonds. The van der Waals surface area contributed by atoms with E-state index in [2.05, 4.69) is 0 Å². The maximum Gasteiger partial charge on any atom is 0.338 e. The quantitative estimate of drug-likeness (QED) is 0.787. The number of hydrogen-bond donors (Lipinski definition) is 1. The first-order valence-electron chi connectivity index (χ1n) is 8.92. The first-order chi connectivity index (χ1) is 12.4. The van der Waals surface area contributed by atoms with Gasteiger partial charge in [0.05, 0.1) is 12.7 Å². The lowest BCUT2D eigenvalue weighted by Crippen LogP contribution is -2.60. The zero-order valence-electron chi connectivity index (χ0n) is 16.8. The van der Waals surface area contributed by atoms with E-state index in [-0.39, 0.29) is 0 Å². The number of morpholine rings is 1. The number of rotatable bonds is 5. The number of carbonyl (C=O) groups excluding carboxylic acids is 2. The molecule has 0 aromatic heterocycles. The van der Waals surface area contributed by atoms with Gasteiger partial charge in [-0.15, -0.1) is 0 Å². The molecule has 150 valence electrons. The van der Waals surface area contributed by atoms with Gasteiger partial charge in [-0.25, -0.2) is 4.79 Å². The largest absolute Gasteiger partial charge is 0.497 e. The molecule has 2 atom stereocenters. The number of carbonyl (C=O) groups is 2. The van der Waals surface area contributed by atoms with Gasteiger partial charge in [0.1, 0.15) is 11.4 Å². The van der Waals surface area contributed by atoms with Crippen molar-refractivity contribution < 1.29 is 28.9 Å². The highest BCUT2D eigenvalue weighted by molar-refractivity contribution is 5.89. The van der Waals surface area contributed by atoms with Crippen molar-refractivity contribution in [2.24, 2.45) is 0 Å². The fourth-order valence-corrected chi connectivity index (χ4v) is 2.92. The van der Waals surface area contributed by atoms with Crippen LogP contribution < -0.4 is 4.74 Å². The molecule has 0 aliphatic carbocycles. The summed E-state index contributed by atoms with van der Waals surface area (Å²) in [7, 11) is 1.59. The van der Waals surface area contributed by atoms with Gasteiger partial charge in [-0.2, -0.15) is 0 Å². The number of hydrogen-bond acceptors (Lipinski definition) is 6. The zero-order valence-corrected chi connectivity index (χ0v) is 16.8. The van der Waals surface area contributed by atoms with Gasteiger partial charge >= 0.3 is 5.97 Å². The Morgan fingerprint density at radius 3 is 2.44 bits per heavy atom. The SMILES string of the molecule is COc1ccc(CN2CC(C)(C)OC(C(O)C(=O)OC(C)(C)C)C2=O)cc1. The van der Waals surface area contributed by atoms with Gasteiger partial charge in [-0.05, 0) is 52.3 Å². The van der Waals surface area contributed by atoms with Crippen LogP contribution in [0.5, 0.6) is 5.75 Å². The van der Waals surface area contributed by atoms with Crippen LogP contribution in [-0.2, 0) is 25.6 Å². The van der Waals surface area contributed by atoms with Crippen molar-refractivity contribution in [3.05, 3.63) is 29.8 Å². The Kier molecular flexibility index (Phi) is 6.17. The minimum absolute atomic E-state index is 0.340. The van der Waals surface area contributed by atoms with Gasteiger partial charge in [0.25, 0.3) is 5.91 Å². The molecule has 1 aliphatic heterocycles. The highest BCUT2D eigenvalue weighted by atomic mass is 16.6. The predicted octanol–water partition coefficient (Wildman–Crippen LogP) is 1.90. The maximum atomic E-state index is 12.9. The van der Waals surface area contributed by atoms with Crippen molar-refractivity contribution in [3.63, 3.8) is 0 Å². The number of nitrogens with zero attached hydrogens (tertiary/aromatic N) is 1. The molecule has 1 aromatic carbocycles. The first-order valence-corrected chi connectivity index (χ1v) is 8.92. The Morgan fingerprint density at radius 1 is 1.33 bits per heavy atom. The highest BCUT2D eigenvalue weighted by Gasteiger charge is 2.46. The van der Waals surface area contributed by atoms with Crippen LogP contribution in [0.4, 0.5) is 0 Å². The molecule has 2 unspecified atom stereocenters. The average Bonchev–Trinajstić information content (AvgIpc) is 2.56. The molecule has 7 nitrogen and oxygen atoms in total. The Hall–Kier alpha value is -2.12. The average molecular weight is 379 g/mol. The number of benzene rings is 1. The number of esters is 1. The van der Waals surface area contributed by atoms with Gasteiger partial charge in [0, 0.05) is 13.1 Å². The van der Waals surface area contributed by atoms with Gasteiger partial charge in [0.15, 0.2) is 12.2 Å². The van der Waals surface area contributed by atoms with Crippen molar-refractivity contribution in [2.45, 2.75) is 64.6 Å². The van der Waals surface area contributed by atoms with Crippen LogP contribution in [0.1, 0.15) is 40.2 Å². The molecular weight excluding hydrogens is 350 g/mol. The fraction of sp³-hybridized carbons (Fsp3) is 0.600. The number of ether oxygens (including phenoxy) is 3. The number of aliphatic hydroxyl groups excluding tert-OH is 1. The zero-order chi connectivity index (χ0) is 20.4. The third-order valence-corrected chi connectivity index (χ3v) is 4.04. The van der Waals surface area contributed by atoms with Crippen LogP contribution in [0.25, 0.3) is 0 Å². The lowest BCUT2D eigenvalue weighted by Gasteiger charge is -2.43. The third-order valence-electron chi connectivity index (χ3n) is 4.04. The van der Waals surface area contributed by atoms with Gasteiger partial charge < -0.3 is 24.2 Å². The van der Waals surface area contributed by atoms with E-state index in [1.54, 1.807) is 32.8 Å². The number of amides is 1. The summed E-state index contributed by atoms with van der Waals surface area (Å²) in [6, 6.07) is 7.37. The molecule has 0 bridgehead atoms. The van der Waals surface area contributed by atoms with Crippen molar-refractivity contribution in [1.82, 2.24) is 4.90 Å². The molecule has 2 rings (SSSR count). The second-order valence-corrected chi connectivity index (χ2v) is 8.32. The lowest BCUT2D eigenvalue weighted by atomic mass is 10.0. The van der Waals surface area contributed by atoms with E-state index in [0.29, 0.717) is 13.1 Å². The van der Waals surface area contributed by atoms with Crippen LogP contribution in [0, 0.1) is 0 Å². The molecule has 1 aromatic rings. The standard InChI is InChI=1S/C20H29NO6/c1-19(2,3)27-18(24)15(22)16-17(23)21(12-20(4,5)26-16)11-13-7-9-14(25-6)10-8-13/h7-10,15-16,22H,11-12H2,1-6H3. The lowest BCUT2D eigenvalue weighted by molar-refractivity contribution is -0.204. The molecule has 1 N–H and O–H groups in total. The van der Waals surface area contributed by atoms with E-state index < -0.39 is 35.3 Å². The van der Waals surface area contributed by atoms with E-state index >= 15 is 0 Å². The molecule has 1 saturated heterocycles. The summed E-state index contributed by atoms with van der Waals surface area (Å²) in [5.74, 6) is -0.586. The molecule has 0 radical (unpaired) electrons. The van der Waals surface area contributed by atoms with Crippen molar-refractivity contribution in [3.8, 4) is 5.75 Å². The molecular formula is C20H29NO6. The van der Waals surface area contributed by atoms with E-state index in [1.807, 2.05) is 38.1 Å². The fourth-order valence-electron chi connectivity index (χ4n) is 2.92. The van der Waals surface area contributed by atoms with Crippen LogP contribution >= 0.6 is 0 Å². The van der Waals surface area contributed by atoms with Crippen LogP contribution in [0.3, 0.4) is 0 Å². The van der Waals surface area contributed by atoms with E-state index in [0.717, 1.165) is 11.3 Å². The summed E-state index contributed by atoms with van der Waals surface area (Å²) in [5, 5.41) is 10.4. The molecule has 27 heavy (non-hydrogen) atoms. The van der Waals surface area contributed by atoms with Crippen molar-refractivity contribution in [1.29, 1.82) is 0 Å². The number of aliphatic hydroxyl groups is 1. The highest BCUT2D eigenvalue weighted by Crippen LogP contribution is 2.26. The van der Waals surface area contributed by atoms with Gasteiger partial charge in [-0.3, -0.25) is 4.79 Å². The van der Waals surface area contributed by atoms with Crippen LogP contribution in [0.2, 0.25) is 0 Å². The number of methoxy groups -OCH3 is 1. The molecule has 1 heterocycles. The minimum atomic E-state index is -1.69. The van der Waals surface area contributed by atoms with Crippen molar-refractivity contribution >= 4 is 11.9 Å². The summed E-state index contributed by atoms with van der Waals surface area (Å²) in [6.07, 6.45) is -2.99. The van der Waals surface area contributed by atoms with Crippen LogP contribution in [-0.4, -0.2) is 58.9 Å². The monoisotopic (exact) mass is 379 g/mol. The summed E-state index contributed by atoms with van der Waals surface area (Å²) < 4.78 is 16.1. The third kappa shape index (κ3) is 5.68. The molecule has 0 saturated carbocycles. The van der Waals surface area contributed by atoms with Crippen LogP contribution in [0.15, 0.2) is 24.3 Å². The summed E-state index contributed by atoms with van der Waals surface area (Å²) in [4.78, 5) is 26.7. The Balaban J connectivity index is 2.16. The Morgan fingerprint density at radius 2 is 1.93 bits per heavy atom. The topological polar surface area (TPSA) is 85.3 Å². The summed E-state index contributed by atoms with van der Waals surface area (Å²) in [5.41, 5.74) is -0.574. The second-order valence-electron chi connectivity index (χ2n) is 8.32. The van der Waals surface area contributed by atoms with E-state index in [1.165, 1.54) is 0 Å². The van der Waals surface area contributed by atoms with Crippen molar-refractivity contribution in [2.75, 3.05) is 13.7 Å². The molecule has 1 fully saturated rings. The summed E-state index contributed by atoms with van der Waals surface area (Å²) >= 11 is 0. The molecule has 7 heteroatoms. The minimum Gasteiger partial charge on any atom is -0.497 e. The Labute approximate surface area is 160 Å². The molecule has 0 spiro atoms. The van der Waals surface area contributed by atoms with Gasteiger partial charge in [-0.1, -0.05) is 12.1 Å². The smallest absolute Gasteiger partial charge is 0.338 e. The van der Waals surface area contributed by atoms with E-state index in [9.17, 15) is 14.7 Å². The Bertz CT molecular complexity index is 677. The van der Waals surface area contributed by atoms with Gasteiger partial charge in [0.2, 0.25) is 0 Å². The first kappa shape index (κ1) is 21.2. The molecule has 1 aliphatic rings. The normalized spacial score (nSPS) is 20.9.